The molecule has 0 fully saturated rings. The molecule has 0 saturated heterocycles. The van der Waals surface area contributed by atoms with Crippen LogP contribution in [0.3, 0.4) is 0 Å². The smallest absolute Gasteiger partial charge is 0.338 e. The maximum atomic E-state index is 12.7. The van der Waals surface area contributed by atoms with Gasteiger partial charge in [0, 0.05) is 6.54 Å². The van der Waals surface area contributed by atoms with E-state index in [1.54, 1.807) is 6.07 Å². The van der Waals surface area contributed by atoms with E-state index >= 15 is 0 Å². The number of halogens is 1. The van der Waals surface area contributed by atoms with E-state index in [1.165, 1.54) is 31.4 Å². The Hall–Kier alpha value is -2.82. The van der Waals surface area contributed by atoms with Crippen LogP contribution in [0.5, 0.6) is 11.5 Å². The first-order chi connectivity index (χ1) is 15.7. The molecule has 0 aliphatic heterocycles. The van der Waals surface area contributed by atoms with Gasteiger partial charge in [0.2, 0.25) is 10.0 Å². The fourth-order valence-corrected chi connectivity index (χ4v) is 4.15. The van der Waals surface area contributed by atoms with Gasteiger partial charge in [0.15, 0.2) is 11.5 Å². The normalized spacial score (nSPS) is 11.5. The summed E-state index contributed by atoms with van der Waals surface area (Å²) in [5, 5.41) is 5.47. The molecule has 3 rings (SSSR count). The third-order valence-electron chi connectivity index (χ3n) is 4.95. The molecule has 9 nitrogen and oxygen atoms in total. The molecule has 11 heteroatoms. The lowest BCUT2D eigenvalue weighted by Gasteiger charge is -2.13. The van der Waals surface area contributed by atoms with E-state index in [0.717, 1.165) is 18.4 Å². The monoisotopic (exact) mass is 495 g/mol. The molecule has 0 spiro atoms. The van der Waals surface area contributed by atoms with E-state index in [1.807, 2.05) is 11.5 Å². The molecule has 0 amide bonds. The third-order valence-corrected chi connectivity index (χ3v) is 6.14. The van der Waals surface area contributed by atoms with E-state index in [2.05, 4.69) is 11.9 Å². The van der Waals surface area contributed by atoms with Crippen molar-refractivity contribution in [2.24, 2.45) is 5.14 Å². The maximum Gasteiger partial charge on any atom is 0.338 e. The molecular weight excluding hydrogens is 470 g/mol. The summed E-state index contributed by atoms with van der Waals surface area (Å²) in [6.45, 7) is 4.78. The van der Waals surface area contributed by atoms with Crippen LogP contribution in [0, 0.1) is 0 Å². The zero-order chi connectivity index (χ0) is 24.2. The summed E-state index contributed by atoms with van der Waals surface area (Å²) in [4.78, 5) is 17.2. The highest BCUT2D eigenvalue weighted by Gasteiger charge is 2.19. The standard InChI is InChI=1S/C22H26ClN3O6S/c1-4-6-9-26-18-8-7-15(33(24,28)29)12-17(18)25-20(26)13-32-22(27)14-10-16(23)21(31-5-2)19(11-14)30-3/h7-8,10-12H,4-6,9,13H2,1-3H3,(H2,24,28,29). The highest BCUT2D eigenvalue weighted by atomic mass is 35.5. The van der Waals surface area contributed by atoms with E-state index in [4.69, 9.17) is 31.0 Å². The van der Waals surface area contributed by atoms with E-state index in [0.29, 0.717) is 36.0 Å². The number of unbranched alkanes of at least 4 members (excludes halogenated alkanes) is 1. The number of imidazole rings is 1. The molecule has 0 saturated carbocycles. The SMILES string of the molecule is CCCCn1c(COC(=O)c2cc(Cl)c(OCC)c(OC)c2)nc2cc(S(N)(=O)=O)ccc21. The van der Waals surface area contributed by atoms with Gasteiger partial charge in [-0.25, -0.2) is 23.3 Å². The van der Waals surface area contributed by atoms with Gasteiger partial charge in [-0.05, 0) is 43.7 Å². The Morgan fingerprint density at radius 2 is 1.97 bits per heavy atom. The predicted molar refractivity (Wildman–Crippen MR) is 124 cm³/mol. The van der Waals surface area contributed by atoms with Crippen LogP contribution in [0.25, 0.3) is 11.0 Å². The zero-order valence-electron chi connectivity index (χ0n) is 18.6. The zero-order valence-corrected chi connectivity index (χ0v) is 20.2. The van der Waals surface area contributed by atoms with Crippen molar-refractivity contribution in [1.29, 1.82) is 0 Å². The molecule has 1 aromatic heterocycles. The molecule has 1 heterocycles. The number of fused-ring (bicyclic) bond motifs is 1. The maximum absolute atomic E-state index is 12.7. The fraction of sp³-hybridized carbons (Fsp3) is 0.364. The van der Waals surface area contributed by atoms with Gasteiger partial charge < -0.3 is 18.8 Å². The number of hydrogen-bond donors (Lipinski definition) is 1. The number of ether oxygens (including phenoxy) is 3. The van der Waals surface area contributed by atoms with Crippen LogP contribution in [0.2, 0.25) is 5.02 Å². The van der Waals surface area contributed by atoms with Crippen LogP contribution >= 0.6 is 11.6 Å². The van der Waals surface area contributed by atoms with Crippen LogP contribution in [-0.2, 0) is 27.9 Å². The number of aromatic nitrogens is 2. The number of aryl methyl sites for hydroxylation is 1. The Morgan fingerprint density at radius 3 is 2.61 bits per heavy atom. The summed E-state index contributed by atoms with van der Waals surface area (Å²) in [5.74, 6) is 0.548. The Labute approximate surface area is 197 Å². The highest BCUT2D eigenvalue weighted by Crippen LogP contribution is 2.36. The molecule has 0 bridgehead atoms. The predicted octanol–water partition coefficient (Wildman–Crippen LogP) is 3.90. The number of nitrogens with zero attached hydrogens (tertiary/aromatic N) is 2. The molecule has 0 aliphatic rings. The highest BCUT2D eigenvalue weighted by molar-refractivity contribution is 7.89. The Kier molecular flexibility index (Phi) is 7.83. The summed E-state index contributed by atoms with van der Waals surface area (Å²) >= 11 is 6.25. The van der Waals surface area contributed by atoms with Crippen LogP contribution < -0.4 is 14.6 Å². The largest absolute Gasteiger partial charge is 0.493 e. The Bertz CT molecular complexity index is 1270. The first kappa shape index (κ1) is 24.8. The summed E-state index contributed by atoms with van der Waals surface area (Å²) in [7, 11) is -2.41. The van der Waals surface area contributed by atoms with Crippen molar-refractivity contribution in [2.45, 2.75) is 44.7 Å². The van der Waals surface area contributed by atoms with Crippen molar-refractivity contribution in [1.82, 2.24) is 9.55 Å². The number of rotatable bonds is 10. The van der Waals surface area contributed by atoms with Crippen molar-refractivity contribution >= 4 is 38.6 Å². The molecule has 0 radical (unpaired) electrons. The number of sulfonamides is 1. The molecule has 0 atom stereocenters. The van der Waals surface area contributed by atoms with Gasteiger partial charge >= 0.3 is 5.97 Å². The van der Waals surface area contributed by atoms with Crippen LogP contribution in [-0.4, -0.2) is 37.7 Å². The van der Waals surface area contributed by atoms with Crippen molar-refractivity contribution < 1.29 is 27.4 Å². The summed E-state index contributed by atoms with van der Waals surface area (Å²) in [6.07, 6.45) is 1.81. The Balaban J connectivity index is 1.89. The number of carbonyl (C=O) groups excluding carboxylic acids is 1. The number of carbonyl (C=O) groups is 1. The molecule has 2 N–H and O–H groups in total. The number of benzene rings is 2. The molecule has 2 aromatic carbocycles. The van der Waals surface area contributed by atoms with Crippen LogP contribution in [0.4, 0.5) is 0 Å². The average Bonchev–Trinajstić information content (AvgIpc) is 3.13. The quantitative estimate of drug-likeness (QED) is 0.423. The van der Waals surface area contributed by atoms with Gasteiger partial charge in [0.05, 0.1) is 40.2 Å². The van der Waals surface area contributed by atoms with Crippen LogP contribution in [0.1, 0.15) is 42.9 Å². The minimum absolute atomic E-state index is 0.0326. The second kappa shape index (κ2) is 10.4. The summed E-state index contributed by atoms with van der Waals surface area (Å²) in [5.41, 5.74) is 1.38. The summed E-state index contributed by atoms with van der Waals surface area (Å²) < 4.78 is 41.6. The first-order valence-electron chi connectivity index (χ1n) is 10.4. The van der Waals surface area contributed by atoms with Gasteiger partial charge in [-0.15, -0.1) is 0 Å². The second-order valence-corrected chi connectivity index (χ2v) is 9.20. The van der Waals surface area contributed by atoms with E-state index < -0.39 is 16.0 Å². The lowest BCUT2D eigenvalue weighted by Crippen LogP contribution is -2.12. The van der Waals surface area contributed by atoms with E-state index in [9.17, 15) is 13.2 Å². The molecule has 33 heavy (non-hydrogen) atoms. The molecule has 0 unspecified atom stereocenters. The lowest BCUT2D eigenvalue weighted by atomic mass is 10.2. The van der Waals surface area contributed by atoms with Gasteiger partial charge in [-0.2, -0.15) is 0 Å². The van der Waals surface area contributed by atoms with E-state index in [-0.39, 0.29) is 22.1 Å². The first-order valence-corrected chi connectivity index (χ1v) is 12.3. The van der Waals surface area contributed by atoms with Gasteiger partial charge in [0.25, 0.3) is 0 Å². The third kappa shape index (κ3) is 5.58. The minimum Gasteiger partial charge on any atom is -0.493 e. The van der Waals surface area contributed by atoms with Gasteiger partial charge in [-0.3, -0.25) is 0 Å². The number of esters is 1. The summed E-state index contributed by atoms with van der Waals surface area (Å²) in [6, 6.07) is 7.45. The fourth-order valence-electron chi connectivity index (χ4n) is 3.35. The number of primary sulfonamides is 1. The lowest BCUT2D eigenvalue weighted by molar-refractivity contribution is 0.0458. The van der Waals surface area contributed by atoms with Gasteiger partial charge in [-0.1, -0.05) is 24.9 Å². The molecule has 0 aliphatic carbocycles. The molecule has 3 aromatic rings. The van der Waals surface area contributed by atoms with Crippen molar-refractivity contribution in [2.75, 3.05) is 13.7 Å². The van der Waals surface area contributed by atoms with Crippen LogP contribution in [0.15, 0.2) is 35.2 Å². The van der Waals surface area contributed by atoms with Crippen molar-refractivity contribution in [3.63, 3.8) is 0 Å². The van der Waals surface area contributed by atoms with Gasteiger partial charge in [0.1, 0.15) is 12.4 Å². The topological polar surface area (TPSA) is 123 Å². The number of nitrogens with two attached hydrogens (primary N) is 1. The molecular formula is C22H26ClN3O6S. The number of hydrogen-bond acceptors (Lipinski definition) is 7. The second-order valence-electron chi connectivity index (χ2n) is 7.23. The van der Waals surface area contributed by atoms with Crippen molar-refractivity contribution in [3.05, 3.63) is 46.7 Å². The average molecular weight is 496 g/mol. The Morgan fingerprint density at radius 1 is 1.21 bits per heavy atom. The molecule has 178 valence electrons. The minimum atomic E-state index is -3.86. The number of methoxy groups -OCH3 is 1. The van der Waals surface area contributed by atoms with Crippen molar-refractivity contribution in [3.8, 4) is 11.5 Å².